The van der Waals surface area contributed by atoms with Gasteiger partial charge in [0.05, 0.1) is 126 Å². The fourth-order valence-corrected chi connectivity index (χ4v) is 8.97. The van der Waals surface area contributed by atoms with Crippen molar-refractivity contribution in [2.24, 2.45) is 9.98 Å². The van der Waals surface area contributed by atoms with E-state index in [-0.39, 0.29) is 88.2 Å². The van der Waals surface area contributed by atoms with Crippen LogP contribution in [0.5, 0.6) is 28.7 Å². The standard InChI is InChI=1S/C55H70N6O14/c1-7-37-23-41-31-56-46-29-50(48(67-5)27-44(46)54(64)60(41)33-37)74-35-39-25-43(73-16-14-59(13-10-11-53(63)72-9-3)52(62)12-15-69-19-20-71-22-21-70-18-17-66-4)26-40(58-39)36-75-51-30-47-45(28-49(51)68-6)55(65)61-34-38(8-2)24-42(61)32-57-47/h7-8,25-32,41-42H,9-24,33-36H2,1-6H3/t41-,42-/m0/s1. The Morgan fingerprint density at radius 2 is 1.16 bits per heavy atom. The number of hydrogen-bond donors (Lipinski definition) is 0. The minimum Gasteiger partial charge on any atom is -0.493 e. The molecular formula is C55H70N6O14. The topological polar surface area (TPSA) is 208 Å². The summed E-state index contributed by atoms with van der Waals surface area (Å²) < 4.78 is 57.4. The van der Waals surface area contributed by atoms with Crippen LogP contribution in [-0.2, 0) is 46.5 Å². The number of rotatable bonds is 29. The minimum absolute atomic E-state index is 0.0479. The van der Waals surface area contributed by atoms with Crippen molar-refractivity contribution in [3.63, 3.8) is 0 Å². The number of hydrogen-bond acceptors (Lipinski definition) is 17. The van der Waals surface area contributed by atoms with E-state index in [0.717, 1.165) is 12.8 Å². The number of fused-ring (bicyclic) bond motifs is 4. The van der Waals surface area contributed by atoms with Crippen LogP contribution in [0.1, 0.15) is 85.0 Å². The number of carbonyl (C=O) groups excluding carboxylic acids is 4. The second-order valence-corrected chi connectivity index (χ2v) is 18.0. The van der Waals surface area contributed by atoms with Crippen LogP contribution in [0, 0.1) is 0 Å². The number of methoxy groups -OCH3 is 3. The lowest BCUT2D eigenvalue weighted by atomic mass is 10.1. The van der Waals surface area contributed by atoms with E-state index in [2.05, 4.69) is 0 Å². The van der Waals surface area contributed by atoms with E-state index in [4.69, 9.17) is 62.3 Å². The van der Waals surface area contributed by atoms with Crippen LogP contribution in [0.2, 0.25) is 0 Å². The molecule has 0 saturated carbocycles. The highest BCUT2D eigenvalue weighted by Crippen LogP contribution is 2.41. The number of esters is 1. The van der Waals surface area contributed by atoms with Gasteiger partial charge in [-0.3, -0.25) is 34.1 Å². The van der Waals surface area contributed by atoms with Gasteiger partial charge in [-0.1, -0.05) is 23.3 Å². The first kappa shape index (κ1) is 55.9. The van der Waals surface area contributed by atoms with Gasteiger partial charge in [-0.15, -0.1) is 0 Å². The molecule has 7 rings (SSSR count). The van der Waals surface area contributed by atoms with Gasteiger partial charge < -0.3 is 62.1 Å². The third-order valence-corrected chi connectivity index (χ3v) is 13.0. The third-order valence-electron chi connectivity index (χ3n) is 13.0. The molecule has 2 fully saturated rings. The number of amides is 3. The van der Waals surface area contributed by atoms with Crippen LogP contribution in [-0.4, -0.2) is 175 Å². The van der Waals surface area contributed by atoms with E-state index < -0.39 is 0 Å². The quantitative estimate of drug-likeness (QED) is 0.0405. The molecule has 3 aromatic rings. The van der Waals surface area contributed by atoms with Crippen molar-refractivity contribution in [2.45, 2.75) is 78.2 Å². The Morgan fingerprint density at radius 3 is 1.65 bits per heavy atom. The van der Waals surface area contributed by atoms with Gasteiger partial charge in [0, 0.05) is 69.9 Å². The van der Waals surface area contributed by atoms with Crippen LogP contribution < -0.4 is 23.7 Å². The molecule has 0 bridgehead atoms. The Morgan fingerprint density at radius 1 is 0.640 bits per heavy atom. The molecule has 2 aromatic carbocycles. The maximum atomic E-state index is 13.8. The van der Waals surface area contributed by atoms with E-state index >= 15 is 0 Å². The summed E-state index contributed by atoms with van der Waals surface area (Å²) in [6.45, 7) is 10.2. The summed E-state index contributed by atoms with van der Waals surface area (Å²) >= 11 is 0. The lowest BCUT2D eigenvalue weighted by Crippen LogP contribution is -2.36. The third kappa shape index (κ3) is 15.1. The summed E-state index contributed by atoms with van der Waals surface area (Å²) in [6.07, 6.45) is 9.81. The van der Waals surface area contributed by atoms with Gasteiger partial charge in [0.25, 0.3) is 11.8 Å². The van der Waals surface area contributed by atoms with Gasteiger partial charge in [0.2, 0.25) is 5.91 Å². The van der Waals surface area contributed by atoms with Gasteiger partial charge >= 0.3 is 5.97 Å². The molecule has 0 N–H and O–H groups in total. The lowest BCUT2D eigenvalue weighted by Gasteiger charge is -2.23. The first-order chi connectivity index (χ1) is 36.5. The number of allylic oxidation sites excluding steroid dienone is 2. The second kappa shape index (κ2) is 28.1. The van der Waals surface area contributed by atoms with Crippen molar-refractivity contribution in [1.82, 2.24) is 19.7 Å². The van der Waals surface area contributed by atoms with Gasteiger partial charge in [-0.05, 0) is 52.2 Å². The molecule has 1 aromatic heterocycles. The smallest absolute Gasteiger partial charge is 0.305 e. The predicted molar refractivity (Wildman–Crippen MR) is 278 cm³/mol. The maximum absolute atomic E-state index is 13.8. The van der Waals surface area contributed by atoms with Gasteiger partial charge in [0.1, 0.15) is 25.6 Å². The summed E-state index contributed by atoms with van der Waals surface area (Å²) in [5.74, 6) is 1.05. The monoisotopic (exact) mass is 1040 g/mol. The molecule has 0 aliphatic carbocycles. The van der Waals surface area contributed by atoms with Crippen molar-refractivity contribution in [3.8, 4) is 28.7 Å². The highest BCUT2D eigenvalue weighted by Gasteiger charge is 2.36. The molecule has 20 heteroatoms. The number of benzene rings is 2. The van der Waals surface area contributed by atoms with Crippen molar-refractivity contribution >= 4 is 47.5 Å². The van der Waals surface area contributed by atoms with E-state index in [1.807, 2.05) is 48.2 Å². The number of ether oxygens (including phenoxy) is 10. The Balaban J connectivity index is 1.07. The van der Waals surface area contributed by atoms with Crippen molar-refractivity contribution in [1.29, 1.82) is 0 Å². The molecule has 20 nitrogen and oxygen atoms in total. The van der Waals surface area contributed by atoms with E-state index in [1.54, 1.807) is 55.3 Å². The average Bonchev–Trinajstić information content (AvgIpc) is 4.00. The van der Waals surface area contributed by atoms with E-state index in [0.29, 0.717) is 128 Å². The molecule has 2 saturated heterocycles. The molecule has 0 spiro atoms. The molecule has 3 amide bonds. The highest BCUT2D eigenvalue weighted by atomic mass is 16.6. The number of carbonyl (C=O) groups is 4. The molecule has 5 heterocycles. The SMILES string of the molecule is CC=C1C[C@H]2C=Nc3cc(OCc4cc(OCCN(CCCC(=O)OCC)C(=O)CCOCCOCCOCCOC)cc(COc5cc6c(cc5OC)C(=O)N5CC(=CC)C[C@H]5C=N6)n4)c(OC)cc3C(=O)N2C1. The van der Waals surface area contributed by atoms with Crippen LogP contribution in [0.25, 0.3) is 0 Å². The number of aromatic nitrogens is 1. The Labute approximate surface area is 438 Å². The largest absolute Gasteiger partial charge is 0.493 e. The fraction of sp³-hybridized carbons (Fsp3) is 0.509. The minimum atomic E-state index is -0.337. The Kier molecular flexibility index (Phi) is 21.0. The highest BCUT2D eigenvalue weighted by molar-refractivity contribution is 6.05. The van der Waals surface area contributed by atoms with E-state index in [1.165, 1.54) is 25.4 Å². The molecule has 404 valence electrons. The van der Waals surface area contributed by atoms with Crippen LogP contribution in [0.4, 0.5) is 11.4 Å². The summed E-state index contributed by atoms with van der Waals surface area (Å²) in [5.41, 5.74) is 5.05. The van der Waals surface area contributed by atoms with E-state index in [9.17, 15) is 19.2 Å². The van der Waals surface area contributed by atoms with Crippen molar-refractivity contribution in [3.05, 3.63) is 82.2 Å². The number of aliphatic imine (C=N–C) groups is 2. The lowest BCUT2D eigenvalue weighted by molar-refractivity contribution is -0.144. The summed E-state index contributed by atoms with van der Waals surface area (Å²) in [7, 11) is 4.64. The molecule has 4 aliphatic rings. The Hall–Kier alpha value is -6.87. The molecule has 0 radical (unpaired) electrons. The first-order valence-electron chi connectivity index (χ1n) is 25.5. The van der Waals surface area contributed by atoms with Gasteiger partial charge in [-0.2, -0.15) is 0 Å². The molecular weight excluding hydrogens is 969 g/mol. The number of nitrogens with zero attached hydrogens (tertiary/aromatic N) is 6. The normalized spacial score (nSPS) is 17.6. The van der Waals surface area contributed by atoms with Gasteiger partial charge in [0.15, 0.2) is 23.0 Å². The summed E-state index contributed by atoms with van der Waals surface area (Å²) in [6, 6.07) is 9.88. The summed E-state index contributed by atoms with van der Waals surface area (Å²) in [5, 5.41) is 0. The zero-order chi connectivity index (χ0) is 53.1. The zero-order valence-electron chi connectivity index (χ0n) is 44.0. The first-order valence-corrected chi connectivity index (χ1v) is 25.5. The van der Waals surface area contributed by atoms with Crippen LogP contribution >= 0.6 is 0 Å². The molecule has 75 heavy (non-hydrogen) atoms. The predicted octanol–water partition coefficient (Wildman–Crippen LogP) is 6.65. The average molecular weight is 1040 g/mol. The van der Waals surface area contributed by atoms with Crippen molar-refractivity contribution in [2.75, 3.05) is 107 Å². The van der Waals surface area contributed by atoms with Crippen LogP contribution in [0.3, 0.4) is 0 Å². The molecule has 2 atom stereocenters. The number of pyridine rings is 1. The van der Waals surface area contributed by atoms with Crippen molar-refractivity contribution < 1.29 is 66.5 Å². The molecule has 4 aliphatic heterocycles. The maximum Gasteiger partial charge on any atom is 0.305 e. The zero-order valence-corrected chi connectivity index (χ0v) is 44.0. The second-order valence-electron chi connectivity index (χ2n) is 18.0. The Bertz CT molecular complexity index is 2460. The summed E-state index contributed by atoms with van der Waals surface area (Å²) in [4.78, 5) is 73.0. The van der Waals surface area contributed by atoms with Gasteiger partial charge in [-0.25, -0.2) is 0 Å². The van der Waals surface area contributed by atoms with Crippen LogP contribution in [0.15, 0.2) is 69.7 Å². The molecule has 0 unspecified atom stereocenters. The fourth-order valence-electron chi connectivity index (χ4n) is 8.97.